The van der Waals surface area contributed by atoms with E-state index in [1.165, 1.54) is 12.8 Å². The van der Waals surface area contributed by atoms with E-state index in [9.17, 15) is 5.11 Å². The van der Waals surface area contributed by atoms with Crippen molar-refractivity contribution in [1.82, 2.24) is 9.78 Å². The van der Waals surface area contributed by atoms with Gasteiger partial charge in [0.25, 0.3) is 0 Å². The molecular formula is C13H21ClN2O. The average molecular weight is 257 g/mol. The Morgan fingerprint density at radius 1 is 1.29 bits per heavy atom. The van der Waals surface area contributed by atoms with Crippen LogP contribution in [0.2, 0.25) is 5.02 Å². The molecule has 4 heteroatoms. The van der Waals surface area contributed by atoms with E-state index in [0.29, 0.717) is 5.02 Å². The monoisotopic (exact) mass is 256 g/mol. The Bertz CT molecular complexity index is 379. The van der Waals surface area contributed by atoms with Crippen LogP contribution in [0.4, 0.5) is 0 Å². The fourth-order valence-corrected chi connectivity index (χ4v) is 3.02. The number of hydrogen-bond acceptors (Lipinski definition) is 2. The first-order valence-corrected chi connectivity index (χ1v) is 6.88. The van der Waals surface area contributed by atoms with Crippen LogP contribution < -0.4 is 0 Å². The maximum Gasteiger partial charge on any atom is 0.108 e. The van der Waals surface area contributed by atoms with Crippen LogP contribution in [0.1, 0.15) is 64.1 Å². The van der Waals surface area contributed by atoms with Crippen LogP contribution in [0, 0.1) is 0 Å². The molecule has 1 heterocycles. The van der Waals surface area contributed by atoms with Gasteiger partial charge in [-0.25, -0.2) is 0 Å². The van der Waals surface area contributed by atoms with Gasteiger partial charge in [-0.2, -0.15) is 5.10 Å². The summed E-state index contributed by atoms with van der Waals surface area (Å²) in [5.74, 6) is 0. The minimum atomic E-state index is -0.783. The zero-order valence-corrected chi connectivity index (χ0v) is 11.4. The van der Waals surface area contributed by atoms with Gasteiger partial charge in [-0.15, -0.1) is 0 Å². The lowest BCUT2D eigenvalue weighted by molar-refractivity contribution is 0.0109. The standard InChI is InChI=1S/C13H21ClN2O/c1-10(2)16-12(11(14)9-15-16)13(17)7-5-3-4-6-8-13/h9-10,17H,3-8H2,1-2H3. The maximum atomic E-state index is 10.9. The zero-order valence-electron chi connectivity index (χ0n) is 10.6. The second-order valence-corrected chi connectivity index (χ2v) is 5.73. The number of aromatic nitrogens is 2. The van der Waals surface area contributed by atoms with Crippen LogP contribution in [-0.2, 0) is 5.60 Å². The predicted octanol–water partition coefficient (Wildman–Crippen LogP) is 3.66. The maximum absolute atomic E-state index is 10.9. The SMILES string of the molecule is CC(C)n1ncc(Cl)c1C1(O)CCCCCC1. The molecule has 2 rings (SSSR count). The fraction of sp³-hybridized carbons (Fsp3) is 0.769. The molecule has 0 aliphatic heterocycles. The molecule has 0 spiro atoms. The lowest BCUT2D eigenvalue weighted by Crippen LogP contribution is -2.29. The highest BCUT2D eigenvalue weighted by Crippen LogP contribution is 2.39. The molecule has 0 bridgehead atoms. The van der Waals surface area contributed by atoms with Crippen LogP contribution in [0.25, 0.3) is 0 Å². The average Bonchev–Trinajstić information content (AvgIpc) is 2.53. The third-order valence-corrected chi connectivity index (χ3v) is 3.89. The zero-order chi connectivity index (χ0) is 12.5. The third-order valence-electron chi connectivity index (χ3n) is 3.61. The van der Waals surface area contributed by atoms with Crippen molar-refractivity contribution in [1.29, 1.82) is 0 Å². The Morgan fingerprint density at radius 3 is 2.41 bits per heavy atom. The Balaban J connectivity index is 2.39. The Hall–Kier alpha value is -0.540. The topological polar surface area (TPSA) is 38.0 Å². The number of halogens is 1. The summed E-state index contributed by atoms with van der Waals surface area (Å²) in [7, 11) is 0. The van der Waals surface area contributed by atoms with Crippen LogP contribution >= 0.6 is 11.6 Å². The van der Waals surface area contributed by atoms with Gasteiger partial charge in [0.15, 0.2) is 0 Å². The summed E-state index contributed by atoms with van der Waals surface area (Å²) in [4.78, 5) is 0. The van der Waals surface area contributed by atoms with Crippen LogP contribution in [0.5, 0.6) is 0 Å². The fourth-order valence-electron chi connectivity index (χ4n) is 2.72. The summed E-state index contributed by atoms with van der Waals surface area (Å²) in [5, 5.41) is 15.8. The molecule has 17 heavy (non-hydrogen) atoms. The van der Waals surface area contributed by atoms with Crippen molar-refractivity contribution in [3.8, 4) is 0 Å². The molecule has 0 unspecified atom stereocenters. The highest BCUT2D eigenvalue weighted by atomic mass is 35.5. The van der Waals surface area contributed by atoms with Gasteiger partial charge >= 0.3 is 0 Å². The van der Waals surface area contributed by atoms with Crippen LogP contribution in [0.15, 0.2) is 6.20 Å². The first-order chi connectivity index (χ1) is 8.04. The number of hydrogen-bond donors (Lipinski definition) is 1. The van der Waals surface area contributed by atoms with E-state index in [1.807, 2.05) is 4.68 Å². The molecule has 1 aromatic heterocycles. The summed E-state index contributed by atoms with van der Waals surface area (Å²) >= 11 is 6.22. The highest BCUT2D eigenvalue weighted by Gasteiger charge is 2.36. The second kappa shape index (κ2) is 4.99. The van der Waals surface area contributed by atoms with Crippen LogP contribution in [-0.4, -0.2) is 14.9 Å². The summed E-state index contributed by atoms with van der Waals surface area (Å²) < 4.78 is 1.87. The van der Waals surface area contributed by atoms with Crippen LogP contribution in [0.3, 0.4) is 0 Å². The summed E-state index contributed by atoms with van der Waals surface area (Å²) in [6.45, 7) is 4.12. The molecule has 3 nitrogen and oxygen atoms in total. The molecule has 0 atom stereocenters. The molecule has 1 N–H and O–H groups in total. The van der Waals surface area contributed by atoms with E-state index in [-0.39, 0.29) is 6.04 Å². The molecule has 96 valence electrons. The van der Waals surface area contributed by atoms with Crippen molar-refractivity contribution in [2.45, 2.75) is 64.0 Å². The van der Waals surface area contributed by atoms with Gasteiger partial charge in [-0.3, -0.25) is 4.68 Å². The molecule has 0 saturated heterocycles. The summed E-state index contributed by atoms with van der Waals surface area (Å²) in [6.07, 6.45) is 7.79. The molecule has 0 aromatic carbocycles. The quantitative estimate of drug-likeness (QED) is 0.820. The molecule has 1 aromatic rings. The Kier molecular flexibility index (Phi) is 3.79. The van der Waals surface area contributed by atoms with Crippen molar-refractivity contribution in [2.24, 2.45) is 0 Å². The lowest BCUT2D eigenvalue weighted by atomic mass is 9.90. The number of aliphatic hydroxyl groups is 1. The van der Waals surface area contributed by atoms with Crippen molar-refractivity contribution in [2.75, 3.05) is 0 Å². The number of nitrogens with zero attached hydrogens (tertiary/aromatic N) is 2. The van der Waals surface area contributed by atoms with Gasteiger partial charge in [0.05, 0.1) is 16.9 Å². The first-order valence-electron chi connectivity index (χ1n) is 6.50. The predicted molar refractivity (Wildman–Crippen MR) is 69.2 cm³/mol. The molecule has 1 aliphatic rings. The number of rotatable bonds is 2. The molecule has 1 aliphatic carbocycles. The summed E-state index contributed by atoms with van der Waals surface area (Å²) in [5.41, 5.74) is 0.0324. The van der Waals surface area contributed by atoms with E-state index in [0.717, 1.165) is 31.4 Å². The van der Waals surface area contributed by atoms with Gasteiger partial charge < -0.3 is 5.11 Å². The molecule has 0 radical (unpaired) electrons. The molecule has 1 fully saturated rings. The van der Waals surface area contributed by atoms with E-state index in [1.54, 1.807) is 6.20 Å². The molecular weight excluding hydrogens is 236 g/mol. The second-order valence-electron chi connectivity index (χ2n) is 5.33. The van der Waals surface area contributed by atoms with Crippen molar-refractivity contribution in [3.05, 3.63) is 16.9 Å². The normalized spacial score (nSPS) is 20.5. The molecule has 1 saturated carbocycles. The van der Waals surface area contributed by atoms with E-state index in [4.69, 9.17) is 11.6 Å². The Labute approximate surface area is 108 Å². The molecule has 0 amide bonds. The van der Waals surface area contributed by atoms with Gasteiger partial charge in [0, 0.05) is 6.04 Å². The van der Waals surface area contributed by atoms with Crippen molar-refractivity contribution >= 4 is 11.6 Å². The highest BCUT2D eigenvalue weighted by molar-refractivity contribution is 6.31. The van der Waals surface area contributed by atoms with Crippen molar-refractivity contribution in [3.63, 3.8) is 0 Å². The lowest BCUT2D eigenvalue weighted by Gasteiger charge is -2.29. The van der Waals surface area contributed by atoms with E-state index < -0.39 is 5.60 Å². The van der Waals surface area contributed by atoms with Gasteiger partial charge in [0.1, 0.15) is 5.60 Å². The van der Waals surface area contributed by atoms with Gasteiger partial charge in [-0.1, -0.05) is 37.3 Å². The van der Waals surface area contributed by atoms with Crippen molar-refractivity contribution < 1.29 is 5.11 Å². The first kappa shape index (κ1) is 12.9. The van der Waals surface area contributed by atoms with Gasteiger partial charge in [0.2, 0.25) is 0 Å². The van der Waals surface area contributed by atoms with E-state index >= 15 is 0 Å². The Morgan fingerprint density at radius 2 is 1.88 bits per heavy atom. The minimum absolute atomic E-state index is 0.227. The van der Waals surface area contributed by atoms with Gasteiger partial charge in [-0.05, 0) is 26.7 Å². The largest absolute Gasteiger partial charge is 0.384 e. The smallest absolute Gasteiger partial charge is 0.108 e. The minimum Gasteiger partial charge on any atom is -0.384 e. The third kappa shape index (κ3) is 2.50. The summed E-state index contributed by atoms with van der Waals surface area (Å²) in [6, 6.07) is 0.227. The van der Waals surface area contributed by atoms with E-state index in [2.05, 4.69) is 18.9 Å².